The smallest absolute Gasteiger partial charge is 0.118 e. The van der Waals surface area contributed by atoms with Crippen LogP contribution in [0.1, 0.15) is 13.8 Å². The van der Waals surface area contributed by atoms with Gasteiger partial charge < -0.3 is 4.23 Å². The van der Waals surface area contributed by atoms with Gasteiger partial charge in [0.15, 0.2) is 0 Å². The lowest BCUT2D eigenvalue weighted by Gasteiger charge is -2.41. The minimum Gasteiger partial charge on any atom is -0.342 e. The van der Waals surface area contributed by atoms with Crippen LogP contribution < -0.4 is 0 Å². The van der Waals surface area contributed by atoms with E-state index >= 15 is 0 Å². The van der Waals surface area contributed by atoms with E-state index < -0.39 is 16.5 Å². The van der Waals surface area contributed by atoms with E-state index in [1.807, 2.05) is 0 Å². The van der Waals surface area contributed by atoms with Crippen molar-refractivity contribution >= 4 is 16.5 Å². The normalized spacial score (nSPS) is 38.9. The molecular weight excluding hydrogens is 202 g/mol. The van der Waals surface area contributed by atoms with E-state index in [2.05, 4.69) is 43.8 Å². The molecule has 2 atom stereocenters. The first kappa shape index (κ1) is 12.2. The molecule has 1 nitrogen and oxygen atoms in total. The summed E-state index contributed by atoms with van der Waals surface area (Å²) in [5, 5.41) is 0. The highest BCUT2D eigenvalue weighted by Crippen LogP contribution is 2.40. The Morgan fingerprint density at radius 3 is 1.86 bits per heavy atom. The Bertz CT molecular complexity index is 201. The van der Waals surface area contributed by atoms with Gasteiger partial charge in [-0.2, -0.15) is 0 Å². The summed E-state index contributed by atoms with van der Waals surface area (Å²) in [7, 11) is -2.09. The molecule has 82 valence electrons. The van der Waals surface area contributed by atoms with E-state index in [4.69, 9.17) is 0 Å². The highest BCUT2D eigenvalue weighted by Gasteiger charge is 2.49. The molecule has 1 fully saturated rings. The summed E-state index contributed by atoms with van der Waals surface area (Å²) in [4.78, 5) is 0. The van der Waals surface area contributed by atoms with Gasteiger partial charge in [-0.3, -0.25) is 0 Å². The molecule has 0 aromatic rings. The number of rotatable bonds is 4. The first-order valence-corrected chi connectivity index (χ1v) is 11.6. The summed E-state index contributed by atoms with van der Waals surface area (Å²) in [6, 6.07) is 5.91. The van der Waals surface area contributed by atoms with Crippen LogP contribution in [0.4, 0.5) is 0 Å². The minimum atomic E-state index is -1.04. The molecule has 3 heteroatoms. The van der Waals surface area contributed by atoms with Gasteiger partial charge in [-0.15, -0.1) is 6.58 Å². The molecule has 1 rings (SSSR count). The van der Waals surface area contributed by atoms with Gasteiger partial charge in [-0.25, -0.2) is 0 Å². The zero-order valence-electron chi connectivity index (χ0n) is 10.3. The molecule has 1 heterocycles. The Morgan fingerprint density at radius 2 is 1.57 bits per heavy atom. The van der Waals surface area contributed by atoms with Gasteiger partial charge in [0.05, 0.1) is 0 Å². The van der Waals surface area contributed by atoms with Crippen molar-refractivity contribution in [2.45, 2.75) is 51.1 Å². The second-order valence-electron chi connectivity index (χ2n) is 5.10. The zero-order valence-corrected chi connectivity index (χ0v) is 12.3. The number of hydrogen-bond donors (Lipinski definition) is 0. The van der Waals surface area contributed by atoms with E-state index in [0.717, 1.165) is 6.54 Å². The Kier molecular flexibility index (Phi) is 3.77. The third kappa shape index (κ3) is 1.90. The largest absolute Gasteiger partial charge is 0.342 e. The second-order valence-corrected chi connectivity index (χ2v) is 15.0. The van der Waals surface area contributed by atoms with E-state index in [9.17, 15) is 0 Å². The highest BCUT2D eigenvalue weighted by molar-refractivity contribution is 6.96. The Morgan fingerprint density at radius 1 is 1.14 bits per heavy atom. The lowest BCUT2D eigenvalue weighted by molar-refractivity contribution is 0.686. The topological polar surface area (TPSA) is 3.24 Å². The maximum atomic E-state index is 3.93. The van der Waals surface area contributed by atoms with Gasteiger partial charge in [-0.05, 0) is 24.2 Å². The predicted molar refractivity (Wildman–Crippen MR) is 70.7 cm³/mol. The van der Waals surface area contributed by atoms with Crippen LogP contribution in [0.25, 0.3) is 0 Å². The van der Waals surface area contributed by atoms with Crippen LogP contribution in [-0.4, -0.2) is 27.2 Å². The van der Waals surface area contributed by atoms with Crippen molar-refractivity contribution in [1.29, 1.82) is 0 Å². The molecule has 1 aliphatic heterocycles. The molecule has 0 aromatic heterocycles. The molecule has 0 amide bonds. The quantitative estimate of drug-likeness (QED) is 0.523. The lowest BCUT2D eigenvalue weighted by atomic mass is 10.7. The maximum absolute atomic E-state index is 3.93. The van der Waals surface area contributed by atoms with Gasteiger partial charge in [0.1, 0.15) is 16.5 Å². The summed E-state index contributed by atoms with van der Waals surface area (Å²) in [6.07, 6.45) is 2.12. The van der Waals surface area contributed by atoms with Gasteiger partial charge in [-0.1, -0.05) is 33.0 Å². The fourth-order valence-corrected chi connectivity index (χ4v) is 17.1. The average Bonchev–Trinajstić information content (AvgIpc) is 2.45. The van der Waals surface area contributed by atoms with Gasteiger partial charge in [0.2, 0.25) is 0 Å². The highest BCUT2D eigenvalue weighted by atomic mass is 28.4. The summed E-state index contributed by atoms with van der Waals surface area (Å²) < 4.78 is 2.94. The predicted octanol–water partition coefficient (Wildman–Crippen LogP) is 3.68. The minimum absolute atomic E-state index is 1.04. The van der Waals surface area contributed by atoms with Gasteiger partial charge >= 0.3 is 0 Å². The van der Waals surface area contributed by atoms with Gasteiger partial charge in [0.25, 0.3) is 0 Å². The Labute approximate surface area is 91.4 Å². The van der Waals surface area contributed by atoms with Crippen LogP contribution in [-0.2, 0) is 0 Å². The molecule has 0 spiro atoms. The Hall–Kier alpha value is 0.134. The molecule has 1 aliphatic rings. The molecule has 1 saturated heterocycles. The van der Waals surface area contributed by atoms with Crippen molar-refractivity contribution in [3.05, 3.63) is 12.7 Å². The average molecular weight is 227 g/mol. The standard InChI is InChI=1S/C11H25NSi2/c1-6-9-12-13(4,7-2)10-11-14(12,5)8-3/h6H,1,7-11H2,2-5H3. The molecule has 0 aromatic carbocycles. The van der Waals surface area contributed by atoms with Crippen molar-refractivity contribution in [2.24, 2.45) is 0 Å². The van der Waals surface area contributed by atoms with Crippen molar-refractivity contribution < 1.29 is 0 Å². The van der Waals surface area contributed by atoms with Crippen LogP contribution in [0.15, 0.2) is 12.7 Å². The third-order valence-electron chi connectivity index (χ3n) is 4.34. The molecule has 0 aliphatic carbocycles. The van der Waals surface area contributed by atoms with Crippen LogP contribution >= 0.6 is 0 Å². The fraction of sp³-hybridized carbons (Fsp3) is 0.818. The number of hydrogen-bond acceptors (Lipinski definition) is 1. The monoisotopic (exact) mass is 227 g/mol. The first-order chi connectivity index (χ1) is 6.52. The molecule has 0 bridgehead atoms. The zero-order chi connectivity index (χ0) is 10.8. The summed E-state index contributed by atoms with van der Waals surface area (Å²) in [5.74, 6) is 0. The molecule has 2 unspecified atom stereocenters. The summed E-state index contributed by atoms with van der Waals surface area (Å²) in [6.45, 7) is 15.0. The van der Waals surface area contributed by atoms with Crippen LogP contribution in [0, 0.1) is 0 Å². The van der Waals surface area contributed by atoms with Crippen molar-refractivity contribution in [2.75, 3.05) is 6.54 Å². The van der Waals surface area contributed by atoms with E-state index in [-0.39, 0.29) is 0 Å². The SMILES string of the molecule is C=CCN1[Si](C)(CC)CC[Si]1(C)CC. The van der Waals surface area contributed by atoms with Gasteiger partial charge in [0, 0.05) is 6.54 Å². The maximum Gasteiger partial charge on any atom is 0.118 e. The van der Waals surface area contributed by atoms with E-state index in [0.29, 0.717) is 0 Å². The molecule has 0 saturated carbocycles. The summed E-state index contributed by atoms with van der Waals surface area (Å²) in [5.41, 5.74) is 0. The molecule has 14 heavy (non-hydrogen) atoms. The van der Waals surface area contributed by atoms with Crippen molar-refractivity contribution in [3.63, 3.8) is 0 Å². The first-order valence-electron chi connectivity index (χ1n) is 5.91. The lowest BCUT2D eigenvalue weighted by Crippen LogP contribution is -2.57. The fourth-order valence-electron chi connectivity index (χ4n) is 2.77. The molecular formula is C11H25NSi2. The second kappa shape index (κ2) is 4.33. The molecule has 0 N–H and O–H groups in total. The van der Waals surface area contributed by atoms with E-state index in [1.165, 1.54) is 24.2 Å². The van der Waals surface area contributed by atoms with E-state index in [1.54, 1.807) is 0 Å². The molecule has 0 radical (unpaired) electrons. The van der Waals surface area contributed by atoms with Crippen LogP contribution in [0.3, 0.4) is 0 Å². The van der Waals surface area contributed by atoms with Crippen molar-refractivity contribution in [1.82, 2.24) is 4.23 Å². The Balaban J connectivity index is 2.89. The van der Waals surface area contributed by atoms with Crippen LogP contribution in [0.5, 0.6) is 0 Å². The van der Waals surface area contributed by atoms with Crippen LogP contribution in [0.2, 0.25) is 37.3 Å². The summed E-state index contributed by atoms with van der Waals surface area (Å²) >= 11 is 0. The third-order valence-corrected chi connectivity index (χ3v) is 16.8. The number of nitrogens with zero attached hydrogens (tertiary/aromatic N) is 1. The van der Waals surface area contributed by atoms with Crippen molar-refractivity contribution in [3.8, 4) is 0 Å².